The molecule has 60 valence electrons. The van der Waals surface area contributed by atoms with E-state index in [-0.39, 0.29) is 11.8 Å². The van der Waals surface area contributed by atoms with Crippen molar-refractivity contribution < 1.29 is 8.42 Å². The molecule has 1 N–H and O–H groups in total. The lowest BCUT2D eigenvalue weighted by Crippen LogP contribution is -2.47. The maximum Gasteiger partial charge on any atom is 0.151 e. The summed E-state index contributed by atoms with van der Waals surface area (Å²) in [6.07, 6.45) is 1.01. The van der Waals surface area contributed by atoms with Crippen LogP contribution in [0.2, 0.25) is 0 Å². The molecule has 1 fully saturated rings. The summed E-state index contributed by atoms with van der Waals surface area (Å²) in [5, 5.41) is 3.06. The first-order valence-corrected chi connectivity index (χ1v) is 5.40. The molecule has 0 amide bonds. The van der Waals surface area contributed by atoms with Crippen LogP contribution in [0.4, 0.5) is 0 Å². The summed E-state index contributed by atoms with van der Waals surface area (Å²) in [5.41, 5.74) is 0. The smallest absolute Gasteiger partial charge is 0.151 e. The zero-order valence-corrected chi connectivity index (χ0v) is 6.95. The second kappa shape index (κ2) is 2.88. The van der Waals surface area contributed by atoms with E-state index >= 15 is 0 Å². The van der Waals surface area contributed by atoms with Crippen LogP contribution < -0.4 is 5.32 Å². The number of rotatable bonds is 3. The van der Waals surface area contributed by atoms with Crippen molar-refractivity contribution >= 4 is 9.84 Å². The molecule has 0 radical (unpaired) electrons. The Bertz CT molecular complexity index is 194. The Hall–Kier alpha value is -0.0900. The molecule has 0 aromatic heterocycles. The molecule has 0 bridgehead atoms. The summed E-state index contributed by atoms with van der Waals surface area (Å²) in [6, 6.07) is 0.241. The molecular formula is C6H13NO2S. The Balaban J connectivity index is 2.36. The van der Waals surface area contributed by atoms with Crippen LogP contribution in [0.3, 0.4) is 0 Å². The quantitative estimate of drug-likeness (QED) is 0.626. The SMILES string of the molecule is CCS(=O)(=O)C[C@H]1CCN1. The van der Waals surface area contributed by atoms with Gasteiger partial charge in [0.25, 0.3) is 0 Å². The fourth-order valence-corrected chi connectivity index (χ4v) is 2.05. The highest BCUT2D eigenvalue weighted by Gasteiger charge is 2.22. The average molecular weight is 163 g/mol. The predicted octanol–water partition coefficient (Wildman–Crippen LogP) is -0.217. The lowest BCUT2D eigenvalue weighted by molar-refractivity contribution is 0.399. The molecule has 1 saturated heterocycles. The van der Waals surface area contributed by atoms with Crippen molar-refractivity contribution in [1.82, 2.24) is 5.32 Å². The minimum absolute atomic E-state index is 0.241. The number of sulfone groups is 1. The largest absolute Gasteiger partial charge is 0.313 e. The van der Waals surface area contributed by atoms with Crippen molar-refractivity contribution in [3.63, 3.8) is 0 Å². The molecule has 0 unspecified atom stereocenters. The second-order valence-corrected chi connectivity index (χ2v) is 5.04. The zero-order valence-electron chi connectivity index (χ0n) is 6.13. The minimum Gasteiger partial charge on any atom is -0.313 e. The minimum atomic E-state index is -2.74. The normalized spacial score (nSPS) is 25.9. The van der Waals surface area contributed by atoms with E-state index in [0.717, 1.165) is 13.0 Å². The number of nitrogens with one attached hydrogen (secondary N) is 1. The van der Waals surface area contributed by atoms with Crippen molar-refractivity contribution in [1.29, 1.82) is 0 Å². The first kappa shape index (κ1) is 8.01. The van der Waals surface area contributed by atoms with Gasteiger partial charge in [0.15, 0.2) is 9.84 Å². The van der Waals surface area contributed by atoms with Gasteiger partial charge in [-0.1, -0.05) is 6.92 Å². The van der Waals surface area contributed by atoms with E-state index < -0.39 is 9.84 Å². The lowest BCUT2D eigenvalue weighted by atomic mass is 10.1. The van der Waals surface area contributed by atoms with Gasteiger partial charge in [-0.3, -0.25) is 0 Å². The molecule has 4 heteroatoms. The van der Waals surface area contributed by atoms with Crippen molar-refractivity contribution in [2.75, 3.05) is 18.1 Å². The van der Waals surface area contributed by atoms with Crippen molar-refractivity contribution in [3.05, 3.63) is 0 Å². The molecule has 1 aliphatic rings. The Morgan fingerprint density at radius 2 is 2.20 bits per heavy atom. The van der Waals surface area contributed by atoms with E-state index in [0.29, 0.717) is 5.75 Å². The topological polar surface area (TPSA) is 46.2 Å². The van der Waals surface area contributed by atoms with Crippen LogP contribution in [0.1, 0.15) is 13.3 Å². The number of hydrogen-bond acceptors (Lipinski definition) is 3. The summed E-state index contributed by atoms with van der Waals surface area (Å²) in [4.78, 5) is 0. The van der Waals surface area contributed by atoms with Crippen LogP contribution in [0, 0.1) is 0 Å². The highest BCUT2D eigenvalue weighted by atomic mass is 32.2. The third kappa shape index (κ3) is 1.95. The fraction of sp³-hybridized carbons (Fsp3) is 1.00. The maximum absolute atomic E-state index is 11.0. The van der Waals surface area contributed by atoms with Crippen molar-refractivity contribution in [3.8, 4) is 0 Å². The number of hydrogen-bond donors (Lipinski definition) is 1. The van der Waals surface area contributed by atoms with E-state index in [4.69, 9.17) is 0 Å². The van der Waals surface area contributed by atoms with Gasteiger partial charge < -0.3 is 5.32 Å². The van der Waals surface area contributed by atoms with Crippen LogP contribution >= 0.6 is 0 Å². The molecule has 0 aromatic carbocycles. The van der Waals surface area contributed by atoms with Crippen LogP contribution in [-0.4, -0.2) is 32.5 Å². The summed E-state index contributed by atoms with van der Waals surface area (Å²) in [7, 11) is -2.74. The second-order valence-electron chi connectivity index (χ2n) is 2.64. The highest BCUT2D eigenvalue weighted by molar-refractivity contribution is 7.91. The molecular weight excluding hydrogens is 150 g/mol. The zero-order chi connectivity index (χ0) is 7.61. The van der Waals surface area contributed by atoms with Gasteiger partial charge in [-0.15, -0.1) is 0 Å². The van der Waals surface area contributed by atoms with Crippen LogP contribution in [0.25, 0.3) is 0 Å². The van der Waals surface area contributed by atoms with Gasteiger partial charge >= 0.3 is 0 Å². The molecule has 0 saturated carbocycles. The Kier molecular flexibility index (Phi) is 2.31. The molecule has 1 heterocycles. The molecule has 1 atom stereocenters. The Morgan fingerprint density at radius 3 is 2.50 bits per heavy atom. The standard InChI is InChI=1S/C6H13NO2S/c1-2-10(8,9)5-6-3-4-7-6/h6-7H,2-5H2,1H3/t6-/m1/s1. The molecule has 1 rings (SSSR count). The fourth-order valence-electron chi connectivity index (χ4n) is 0.915. The van der Waals surface area contributed by atoms with E-state index in [2.05, 4.69) is 5.32 Å². The van der Waals surface area contributed by atoms with E-state index in [1.54, 1.807) is 6.92 Å². The Morgan fingerprint density at radius 1 is 1.60 bits per heavy atom. The monoisotopic (exact) mass is 163 g/mol. The summed E-state index contributed by atoms with van der Waals surface area (Å²) in [5.74, 6) is 0.592. The molecule has 0 spiro atoms. The Labute approximate surface area is 61.7 Å². The van der Waals surface area contributed by atoms with Gasteiger partial charge in [0.1, 0.15) is 0 Å². The van der Waals surface area contributed by atoms with Gasteiger partial charge in [0.05, 0.1) is 5.75 Å². The summed E-state index contributed by atoms with van der Waals surface area (Å²) >= 11 is 0. The third-order valence-electron chi connectivity index (χ3n) is 1.82. The maximum atomic E-state index is 11.0. The first-order chi connectivity index (χ1) is 4.64. The van der Waals surface area contributed by atoms with Gasteiger partial charge in [0, 0.05) is 11.8 Å². The predicted molar refractivity (Wildman–Crippen MR) is 40.7 cm³/mol. The van der Waals surface area contributed by atoms with Gasteiger partial charge in [-0.25, -0.2) is 8.42 Å². The van der Waals surface area contributed by atoms with E-state index in [9.17, 15) is 8.42 Å². The van der Waals surface area contributed by atoms with Crippen molar-refractivity contribution in [2.45, 2.75) is 19.4 Å². The molecule has 3 nitrogen and oxygen atoms in total. The average Bonchev–Trinajstić information content (AvgIpc) is 1.80. The molecule has 0 aliphatic carbocycles. The van der Waals surface area contributed by atoms with Crippen molar-refractivity contribution in [2.24, 2.45) is 0 Å². The van der Waals surface area contributed by atoms with Gasteiger partial charge in [-0.05, 0) is 13.0 Å². The van der Waals surface area contributed by atoms with Crippen LogP contribution in [0.5, 0.6) is 0 Å². The van der Waals surface area contributed by atoms with Gasteiger partial charge in [-0.2, -0.15) is 0 Å². The highest BCUT2D eigenvalue weighted by Crippen LogP contribution is 2.05. The third-order valence-corrected chi connectivity index (χ3v) is 3.61. The van der Waals surface area contributed by atoms with Crippen LogP contribution in [-0.2, 0) is 9.84 Å². The van der Waals surface area contributed by atoms with E-state index in [1.807, 2.05) is 0 Å². The van der Waals surface area contributed by atoms with Crippen LogP contribution in [0.15, 0.2) is 0 Å². The molecule has 1 aliphatic heterocycles. The summed E-state index contributed by atoms with van der Waals surface area (Å²) in [6.45, 7) is 2.66. The molecule has 10 heavy (non-hydrogen) atoms. The lowest BCUT2D eigenvalue weighted by Gasteiger charge is -2.26. The summed E-state index contributed by atoms with van der Waals surface area (Å²) < 4.78 is 21.9. The first-order valence-electron chi connectivity index (χ1n) is 3.58. The van der Waals surface area contributed by atoms with Gasteiger partial charge in [0.2, 0.25) is 0 Å². The molecule has 0 aromatic rings. The van der Waals surface area contributed by atoms with E-state index in [1.165, 1.54) is 0 Å².